The van der Waals surface area contributed by atoms with Gasteiger partial charge < -0.3 is 0 Å². The first kappa shape index (κ1) is 34.5. The number of benzene rings is 9. The molecule has 0 aliphatic carbocycles. The molecule has 4 heteroatoms. The fraction of sp³-hybridized carbons (Fsp3) is 0. The van der Waals surface area contributed by atoms with Crippen LogP contribution < -0.4 is 0 Å². The van der Waals surface area contributed by atoms with Gasteiger partial charge in [0.05, 0.1) is 39.0 Å². The molecule has 9 aromatic carbocycles. The lowest BCUT2D eigenvalue weighted by atomic mass is 9.90. The Kier molecular flexibility index (Phi) is 7.57. The molecule has 4 heterocycles. The van der Waals surface area contributed by atoms with Gasteiger partial charge in [-0.15, -0.1) is 0 Å². The molecular weight excluding hydrogens is 753 g/mol. The molecule has 62 heavy (non-hydrogen) atoms. The van der Waals surface area contributed by atoms with Crippen LogP contribution in [0.1, 0.15) is 0 Å². The molecule has 0 spiro atoms. The van der Waals surface area contributed by atoms with Crippen molar-refractivity contribution in [3.63, 3.8) is 0 Å². The zero-order chi connectivity index (χ0) is 40.7. The maximum absolute atomic E-state index is 5.40. The zero-order valence-electron chi connectivity index (χ0n) is 33.4. The molecule has 0 atom stereocenters. The van der Waals surface area contributed by atoms with E-state index >= 15 is 0 Å². The van der Waals surface area contributed by atoms with Crippen molar-refractivity contribution in [3.8, 4) is 44.8 Å². The summed E-state index contributed by atoms with van der Waals surface area (Å²) in [5, 5.41) is 12.8. The van der Waals surface area contributed by atoms with E-state index in [9.17, 15) is 0 Å². The second-order valence-electron chi connectivity index (χ2n) is 16.1. The Morgan fingerprint density at radius 3 is 1.50 bits per heavy atom. The van der Waals surface area contributed by atoms with Gasteiger partial charge in [0.15, 0.2) is 0 Å². The van der Waals surface area contributed by atoms with Crippen LogP contribution in [0.5, 0.6) is 0 Å². The normalized spacial score (nSPS) is 11.9. The van der Waals surface area contributed by atoms with Crippen molar-refractivity contribution >= 4 is 86.8 Å². The van der Waals surface area contributed by atoms with Gasteiger partial charge in [0.25, 0.3) is 0 Å². The van der Waals surface area contributed by atoms with E-state index in [1.807, 2.05) is 12.3 Å². The predicted octanol–water partition coefficient (Wildman–Crippen LogP) is 15.2. The average Bonchev–Trinajstić information content (AvgIpc) is 3.35. The fourth-order valence-corrected chi connectivity index (χ4v) is 9.72. The minimum absolute atomic E-state index is 0.906. The van der Waals surface area contributed by atoms with Crippen LogP contribution in [0.25, 0.3) is 132 Å². The molecule has 0 unspecified atom stereocenters. The number of rotatable bonds is 4. The third-order valence-electron chi connectivity index (χ3n) is 12.7. The lowest BCUT2D eigenvalue weighted by Gasteiger charge is -2.15. The lowest BCUT2D eigenvalue weighted by Crippen LogP contribution is -1.93. The van der Waals surface area contributed by atoms with Gasteiger partial charge in [0.2, 0.25) is 0 Å². The number of pyridine rings is 4. The van der Waals surface area contributed by atoms with Crippen LogP contribution in [0.15, 0.2) is 206 Å². The highest BCUT2D eigenvalue weighted by Gasteiger charge is 2.17. The predicted molar refractivity (Wildman–Crippen MR) is 259 cm³/mol. The molecule has 0 fully saturated rings. The minimum atomic E-state index is 0.906. The van der Waals surface area contributed by atoms with E-state index in [0.29, 0.717) is 0 Å². The van der Waals surface area contributed by atoms with Crippen molar-refractivity contribution in [3.05, 3.63) is 206 Å². The van der Waals surface area contributed by atoms with Gasteiger partial charge in [0, 0.05) is 49.8 Å². The van der Waals surface area contributed by atoms with E-state index in [-0.39, 0.29) is 0 Å². The third kappa shape index (κ3) is 5.33. The van der Waals surface area contributed by atoms with Gasteiger partial charge in [-0.1, -0.05) is 164 Å². The number of aromatic nitrogens is 4. The number of para-hydroxylation sites is 1. The lowest BCUT2D eigenvalue weighted by molar-refractivity contribution is 1.37. The molecule has 286 valence electrons. The van der Waals surface area contributed by atoms with Crippen molar-refractivity contribution in [2.75, 3.05) is 0 Å². The second-order valence-corrected chi connectivity index (χ2v) is 16.1. The van der Waals surface area contributed by atoms with Crippen LogP contribution >= 0.6 is 0 Å². The second kappa shape index (κ2) is 13.6. The van der Waals surface area contributed by atoms with Crippen molar-refractivity contribution in [2.24, 2.45) is 0 Å². The van der Waals surface area contributed by atoms with E-state index in [2.05, 4.69) is 194 Å². The SMILES string of the molecule is c1ccc(-c2ccc3ccc4c(-c5ccc6c7ccc(-c8ccc9ccc%10c(-c%11ccccc%11)c%11ccccc%11nc%10c9n8)cc7c7ccccc7c6c5)ccnc4c3n2)cc1. The maximum Gasteiger partial charge on any atom is 0.0978 e. The molecular formula is C58H34N4. The van der Waals surface area contributed by atoms with Gasteiger partial charge >= 0.3 is 0 Å². The Morgan fingerprint density at radius 1 is 0.274 bits per heavy atom. The van der Waals surface area contributed by atoms with E-state index in [4.69, 9.17) is 19.9 Å². The molecule has 0 saturated heterocycles. The van der Waals surface area contributed by atoms with Crippen molar-refractivity contribution in [2.45, 2.75) is 0 Å². The monoisotopic (exact) mass is 786 g/mol. The maximum atomic E-state index is 5.40. The van der Waals surface area contributed by atoms with E-state index in [1.165, 1.54) is 43.4 Å². The van der Waals surface area contributed by atoms with Gasteiger partial charge in [-0.3, -0.25) is 4.98 Å². The van der Waals surface area contributed by atoms with Crippen LogP contribution in [0, 0.1) is 0 Å². The summed E-state index contributed by atoms with van der Waals surface area (Å²) in [6, 6.07) is 71.3. The summed E-state index contributed by atoms with van der Waals surface area (Å²) in [5.41, 5.74) is 13.3. The average molecular weight is 787 g/mol. The molecule has 4 aromatic heterocycles. The molecule has 0 N–H and O–H groups in total. The number of fused-ring (bicyclic) bond motifs is 13. The fourth-order valence-electron chi connectivity index (χ4n) is 9.72. The van der Waals surface area contributed by atoms with Gasteiger partial charge in [-0.05, 0) is 85.4 Å². The summed E-state index contributed by atoms with van der Waals surface area (Å²) in [7, 11) is 0. The molecule has 0 aliphatic heterocycles. The Hall–Kier alpha value is -8.34. The van der Waals surface area contributed by atoms with Crippen LogP contribution in [-0.2, 0) is 0 Å². The van der Waals surface area contributed by atoms with Crippen LogP contribution in [0.4, 0.5) is 0 Å². The van der Waals surface area contributed by atoms with E-state index < -0.39 is 0 Å². The standard InChI is InChI=1S/C58H34N4/c1-3-11-35(12-4-1)51-29-23-37-19-27-46-41(31-32-59-57(46)55(37)60-51)39-21-25-44-45-26-22-40(34-50(45)43-16-8-7-15-42(43)49(44)33-39)52-30-24-38-20-28-48-54(36-13-5-2-6-14-36)47-17-9-10-18-53(47)62-58(48)56(38)61-52/h1-34H. The van der Waals surface area contributed by atoms with Crippen molar-refractivity contribution in [1.29, 1.82) is 0 Å². The highest BCUT2D eigenvalue weighted by atomic mass is 14.8. The molecule has 13 rings (SSSR count). The number of hydrogen-bond acceptors (Lipinski definition) is 4. The molecule has 0 bridgehead atoms. The summed E-state index contributed by atoms with van der Waals surface area (Å²) in [4.78, 5) is 20.7. The summed E-state index contributed by atoms with van der Waals surface area (Å²) >= 11 is 0. The molecule has 0 saturated carbocycles. The first-order valence-corrected chi connectivity index (χ1v) is 21.0. The first-order valence-electron chi connectivity index (χ1n) is 21.0. The van der Waals surface area contributed by atoms with Gasteiger partial charge in [0.1, 0.15) is 0 Å². The summed E-state index contributed by atoms with van der Waals surface area (Å²) in [5.74, 6) is 0. The molecule has 0 aliphatic rings. The van der Waals surface area contributed by atoms with Crippen LogP contribution in [0.3, 0.4) is 0 Å². The highest BCUT2D eigenvalue weighted by Crippen LogP contribution is 2.42. The third-order valence-corrected chi connectivity index (χ3v) is 12.7. The molecule has 0 radical (unpaired) electrons. The smallest absolute Gasteiger partial charge is 0.0978 e. The van der Waals surface area contributed by atoms with Gasteiger partial charge in [-0.25, -0.2) is 15.0 Å². The highest BCUT2D eigenvalue weighted by molar-refractivity contribution is 6.26. The molecule has 0 amide bonds. The van der Waals surface area contributed by atoms with Crippen molar-refractivity contribution < 1.29 is 0 Å². The number of nitrogens with zero attached hydrogens (tertiary/aromatic N) is 4. The summed E-state index contributed by atoms with van der Waals surface area (Å²) < 4.78 is 0. The largest absolute Gasteiger partial charge is 0.254 e. The number of hydrogen-bond donors (Lipinski definition) is 0. The minimum Gasteiger partial charge on any atom is -0.254 e. The Morgan fingerprint density at radius 2 is 0.790 bits per heavy atom. The van der Waals surface area contributed by atoms with Gasteiger partial charge in [-0.2, -0.15) is 0 Å². The zero-order valence-corrected chi connectivity index (χ0v) is 33.4. The quantitative estimate of drug-likeness (QED) is 0.132. The summed E-state index contributed by atoms with van der Waals surface area (Å²) in [6.07, 6.45) is 1.92. The van der Waals surface area contributed by atoms with Crippen LogP contribution in [-0.4, -0.2) is 19.9 Å². The topological polar surface area (TPSA) is 51.6 Å². The van der Waals surface area contributed by atoms with E-state index in [0.717, 1.165) is 88.2 Å². The Bertz CT molecular complexity index is 3950. The Balaban J connectivity index is 0.965. The molecule has 4 nitrogen and oxygen atoms in total. The van der Waals surface area contributed by atoms with Crippen molar-refractivity contribution in [1.82, 2.24) is 19.9 Å². The van der Waals surface area contributed by atoms with Crippen LogP contribution in [0.2, 0.25) is 0 Å². The summed E-state index contributed by atoms with van der Waals surface area (Å²) in [6.45, 7) is 0. The first-order chi connectivity index (χ1) is 30.7. The molecule has 13 aromatic rings. The Labute approximate surface area is 356 Å². The van der Waals surface area contributed by atoms with E-state index in [1.54, 1.807) is 0 Å².